The van der Waals surface area contributed by atoms with Crippen LogP contribution >= 0.6 is 0 Å². The van der Waals surface area contributed by atoms with E-state index in [1.165, 1.54) is 0 Å². The number of nitrogens with two attached hydrogens (primary N) is 1. The lowest BCUT2D eigenvalue weighted by molar-refractivity contribution is 0.471. The first-order valence-electron chi connectivity index (χ1n) is 6.37. The van der Waals surface area contributed by atoms with Gasteiger partial charge in [-0.1, -0.05) is 12.1 Å². The molecule has 1 saturated heterocycles. The van der Waals surface area contributed by atoms with E-state index in [2.05, 4.69) is 20.1 Å². The van der Waals surface area contributed by atoms with E-state index in [0.717, 1.165) is 30.6 Å². The lowest BCUT2D eigenvalue weighted by Gasteiger charge is -2.11. The number of aromatic nitrogens is 3. The fraction of sp³-hybridized carbons (Fsp3) is 0.385. The van der Waals surface area contributed by atoms with Crippen LogP contribution in [-0.4, -0.2) is 39.4 Å². The number of nitrogens with zero attached hydrogens (tertiary/aromatic N) is 3. The molecule has 6 heteroatoms. The molecule has 0 amide bonds. The first-order chi connectivity index (χ1) is 9.15. The van der Waals surface area contributed by atoms with Crippen LogP contribution < -0.4 is 10.6 Å². The number of anilines is 1. The molecule has 0 spiro atoms. The molecule has 100 valence electrons. The molecule has 19 heavy (non-hydrogen) atoms. The maximum absolute atomic E-state index is 9.73. The van der Waals surface area contributed by atoms with Crippen molar-refractivity contribution in [1.82, 2.24) is 15.2 Å². The Bertz CT molecular complexity index is 594. The van der Waals surface area contributed by atoms with E-state index in [-0.39, 0.29) is 11.8 Å². The summed E-state index contributed by atoms with van der Waals surface area (Å²) in [6, 6.07) is 5.57. The highest BCUT2D eigenvalue weighted by Crippen LogP contribution is 2.28. The molecular formula is C13H17N5O. The van der Waals surface area contributed by atoms with Gasteiger partial charge in [-0.05, 0) is 19.4 Å². The molecule has 1 aromatic heterocycles. The Balaban J connectivity index is 1.91. The fourth-order valence-electron chi connectivity index (χ4n) is 2.36. The standard InChI is InChI=1S/C13H17N5O/c1-8-10(3-2-4-11(8)19)12-15-13(17-16-12)18-6-5-9(14)7-18/h2-4,9,19H,5-7,14H2,1H3,(H,15,16,17). The van der Waals surface area contributed by atoms with Gasteiger partial charge in [0.1, 0.15) is 5.75 Å². The molecule has 1 atom stereocenters. The van der Waals surface area contributed by atoms with E-state index in [0.29, 0.717) is 11.8 Å². The molecule has 1 aliphatic rings. The maximum atomic E-state index is 9.73. The van der Waals surface area contributed by atoms with Crippen molar-refractivity contribution in [3.8, 4) is 17.1 Å². The quantitative estimate of drug-likeness (QED) is 0.749. The highest BCUT2D eigenvalue weighted by atomic mass is 16.3. The van der Waals surface area contributed by atoms with Crippen molar-refractivity contribution in [2.75, 3.05) is 18.0 Å². The van der Waals surface area contributed by atoms with Crippen LogP contribution in [-0.2, 0) is 0 Å². The third kappa shape index (κ3) is 2.15. The van der Waals surface area contributed by atoms with E-state index < -0.39 is 0 Å². The first-order valence-corrected chi connectivity index (χ1v) is 6.37. The zero-order valence-electron chi connectivity index (χ0n) is 10.8. The van der Waals surface area contributed by atoms with Crippen LogP contribution in [0.25, 0.3) is 11.4 Å². The van der Waals surface area contributed by atoms with E-state index in [4.69, 9.17) is 5.73 Å². The molecule has 0 saturated carbocycles. The van der Waals surface area contributed by atoms with Gasteiger partial charge in [0, 0.05) is 30.3 Å². The van der Waals surface area contributed by atoms with Crippen molar-refractivity contribution < 1.29 is 5.11 Å². The largest absolute Gasteiger partial charge is 0.508 e. The van der Waals surface area contributed by atoms with Gasteiger partial charge in [0.05, 0.1) is 0 Å². The highest BCUT2D eigenvalue weighted by molar-refractivity contribution is 5.64. The molecule has 6 nitrogen and oxygen atoms in total. The van der Waals surface area contributed by atoms with E-state index in [1.807, 2.05) is 13.0 Å². The summed E-state index contributed by atoms with van der Waals surface area (Å²) in [5.74, 6) is 1.60. The number of hydrogen-bond acceptors (Lipinski definition) is 5. The summed E-state index contributed by atoms with van der Waals surface area (Å²) >= 11 is 0. The number of benzene rings is 1. The minimum atomic E-state index is 0.199. The van der Waals surface area contributed by atoms with Crippen LogP contribution in [0.15, 0.2) is 18.2 Å². The van der Waals surface area contributed by atoms with Crippen LogP contribution in [0.2, 0.25) is 0 Å². The van der Waals surface area contributed by atoms with Crippen molar-refractivity contribution >= 4 is 5.95 Å². The van der Waals surface area contributed by atoms with Crippen molar-refractivity contribution in [2.24, 2.45) is 5.73 Å². The van der Waals surface area contributed by atoms with Gasteiger partial charge in [-0.25, -0.2) is 0 Å². The first kappa shape index (κ1) is 12.0. The Kier molecular flexibility index (Phi) is 2.87. The van der Waals surface area contributed by atoms with E-state index >= 15 is 0 Å². The normalized spacial score (nSPS) is 19.1. The Labute approximate surface area is 111 Å². The summed E-state index contributed by atoms with van der Waals surface area (Å²) in [4.78, 5) is 6.56. The fourth-order valence-corrected chi connectivity index (χ4v) is 2.36. The van der Waals surface area contributed by atoms with Gasteiger partial charge in [-0.2, -0.15) is 4.98 Å². The van der Waals surface area contributed by atoms with Gasteiger partial charge in [0.15, 0.2) is 5.82 Å². The van der Waals surface area contributed by atoms with Gasteiger partial charge < -0.3 is 15.7 Å². The molecule has 2 aromatic rings. The number of phenolic OH excluding ortho intramolecular Hbond substituents is 1. The van der Waals surface area contributed by atoms with Crippen LogP contribution in [0.4, 0.5) is 5.95 Å². The third-order valence-electron chi connectivity index (χ3n) is 3.54. The van der Waals surface area contributed by atoms with Crippen molar-refractivity contribution in [1.29, 1.82) is 0 Å². The van der Waals surface area contributed by atoms with Crippen molar-refractivity contribution in [3.63, 3.8) is 0 Å². The molecule has 1 fully saturated rings. The van der Waals surface area contributed by atoms with Crippen molar-refractivity contribution in [2.45, 2.75) is 19.4 Å². The number of phenols is 1. The Morgan fingerprint density at radius 1 is 1.47 bits per heavy atom. The predicted octanol–water partition coefficient (Wildman–Crippen LogP) is 1.02. The molecule has 0 aliphatic carbocycles. The van der Waals surface area contributed by atoms with Crippen molar-refractivity contribution in [3.05, 3.63) is 23.8 Å². The molecule has 3 rings (SSSR count). The number of rotatable bonds is 2. The molecular weight excluding hydrogens is 242 g/mol. The molecule has 1 aromatic carbocycles. The summed E-state index contributed by atoms with van der Waals surface area (Å²) in [5.41, 5.74) is 7.54. The average Bonchev–Trinajstić information content (AvgIpc) is 3.01. The Hall–Kier alpha value is -2.08. The molecule has 0 bridgehead atoms. The maximum Gasteiger partial charge on any atom is 0.245 e. The summed E-state index contributed by atoms with van der Waals surface area (Å²) in [6.45, 7) is 3.53. The molecule has 0 radical (unpaired) electrons. The summed E-state index contributed by atoms with van der Waals surface area (Å²) in [7, 11) is 0. The molecule has 2 heterocycles. The Morgan fingerprint density at radius 2 is 2.32 bits per heavy atom. The number of aromatic amines is 1. The second kappa shape index (κ2) is 4.55. The lowest BCUT2D eigenvalue weighted by Crippen LogP contribution is -2.26. The predicted molar refractivity (Wildman–Crippen MR) is 73.0 cm³/mol. The van der Waals surface area contributed by atoms with Crippen LogP contribution in [0.5, 0.6) is 5.75 Å². The SMILES string of the molecule is Cc1c(O)cccc1-c1nc(N2CCC(N)C2)n[nH]1. The van der Waals surface area contributed by atoms with Gasteiger partial charge in [-0.15, -0.1) is 5.10 Å². The van der Waals surface area contributed by atoms with E-state index in [1.54, 1.807) is 12.1 Å². The average molecular weight is 259 g/mol. The minimum absolute atomic E-state index is 0.199. The number of hydrogen-bond donors (Lipinski definition) is 3. The number of H-pyrrole nitrogens is 1. The van der Waals surface area contributed by atoms with Crippen LogP contribution in [0, 0.1) is 6.92 Å². The highest BCUT2D eigenvalue weighted by Gasteiger charge is 2.22. The number of nitrogens with one attached hydrogen (secondary N) is 1. The summed E-state index contributed by atoms with van der Waals surface area (Å²) in [5, 5.41) is 16.9. The summed E-state index contributed by atoms with van der Waals surface area (Å²) in [6.07, 6.45) is 0.967. The zero-order valence-corrected chi connectivity index (χ0v) is 10.8. The minimum Gasteiger partial charge on any atom is -0.508 e. The topological polar surface area (TPSA) is 91.1 Å². The summed E-state index contributed by atoms with van der Waals surface area (Å²) < 4.78 is 0. The molecule has 1 unspecified atom stereocenters. The second-order valence-corrected chi connectivity index (χ2v) is 4.93. The van der Waals surface area contributed by atoms with Gasteiger partial charge in [-0.3, -0.25) is 5.10 Å². The Morgan fingerprint density at radius 3 is 3.05 bits per heavy atom. The molecule has 4 N–H and O–H groups in total. The second-order valence-electron chi connectivity index (χ2n) is 4.93. The van der Waals surface area contributed by atoms with Crippen LogP contribution in [0.3, 0.4) is 0 Å². The van der Waals surface area contributed by atoms with Gasteiger partial charge in [0.2, 0.25) is 5.95 Å². The van der Waals surface area contributed by atoms with Crippen LogP contribution in [0.1, 0.15) is 12.0 Å². The monoisotopic (exact) mass is 259 g/mol. The lowest BCUT2D eigenvalue weighted by atomic mass is 10.1. The smallest absolute Gasteiger partial charge is 0.245 e. The third-order valence-corrected chi connectivity index (χ3v) is 3.54. The van der Waals surface area contributed by atoms with Gasteiger partial charge in [0.25, 0.3) is 0 Å². The zero-order chi connectivity index (χ0) is 13.4. The van der Waals surface area contributed by atoms with E-state index in [9.17, 15) is 5.11 Å². The molecule has 1 aliphatic heterocycles. The van der Waals surface area contributed by atoms with Gasteiger partial charge >= 0.3 is 0 Å². The number of aromatic hydroxyl groups is 1.